The van der Waals surface area contributed by atoms with Crippen LogP contribution in [0.15, 0.2) is 35.1 Å². The summed E-state index contributed by atoms with van der Waals surface area (Å²) in [5, 5.41) is 14.1. The largest absolute Gasteiger partial charge is 0.465 e. The third-order valence-electron chi connectivity index (χ3n) is 3.90. The smallest absolute Gasteiger partial charge is 0.350 e. The maximum Gasteiger partial charge on any atom is 0.350 e. The fraction of sp³-hybridized carbons (Fsp3) is 0.176. The second-order valence-electron chi connectivity index (χ2n) is 5.73. The molecule has 0 saturated heterocycles. The van der Waals surface area contributed by atoms with Gasteiger partial charge in [-0.05, 0) is 19.1 Å². The molecular weight excluding hydrogens is 388 g/mol. The molecule has 0 fully saturated rings. The number of thiazole rings is 1. The summed E-state index contributed by atoms with van der Waals surface area (Å²) < 4.78 is 5.85. The zero-order chi connectivity index (χ0) is 20.4. The van der Waals surface area contributed by atoms with Gasteiger partial charge in [0.2, 0.25) is 5.91 Å². The van der Waals surface area contributed by atoms with Crippen molar-refractivity contribution in [1.82, 2.24) is 9.55 Å². The first-order valence-electron chi connectivity index (χ1n) is 7.93. The minimum Gasteiger partial charge on any atom is -0.465 e. The van der Waals surface area contributed by atoms with Gasteiger partial charge in [-0.15, -0.1) is 0 Å². The molecule has 0 aliphatic carbocycles. The lowest BCUT2D eigenvalue weighted by atomic mass is 10.2. The number of non-ortho nitro benzene ring substituents is 1. The molecule has 2 heterocycles. The molecular formula is C17H14N4O6S. The number of methoxy groups -OCH3 is 1. The van der Waals surface area contributed by atoms with Crippen LogP contribution in [0.2, 0.25) is 0 Å². The van der Waals surface area contributed by atoms with Crippen molar-refractivity contribution in [3.8, 4) is 0 Å². The third kappa shape index (κ3) is 3.74. The monoisotopic (exact) mass is 402 g/mol. The second kappa shape index (κ2) is 7.56. The average Bonchev–Trinajstić information content (AvgIpc) is 3.02. The highest BCUT2D eigenvalue weighted by Crippen LogP contribution is 2.23. The summed E-state index contributed by atoms with van der Waals surface area (Å²) in [6.07, 6.45) is 0. The van der Waals surface area contributed by atoms with E-state index in [0.29, 0.717) is 16.6 Å². The second-order valence-corrected chi connectivity index (χ2v) is 6.73. The molecule has 0 bridgehead atoms. The summed E-state index contributed by atoms with van der Waals surface area (Å²) in [6.45, 7) is 1.29. The van der Waals surface area contributed by atoms with E-state index in [4.69, 9.17) is 0 Å². The van der Waals surface area contributed by atoms with E-state index in [1.165, 1.54) is 42.0 Å². The van der Waals surface area contributed by atoms with Crippen molar-refractivity contribution in [3.05, 3.63) is 61.4 Å². The molecule has 3 rings (SSSR count). The Morgan fingerprint density at radius 1 is 1.32 bits per heavy atom. The molecule has 0 unspecified atom stereocenters. The van der Waals surface area contributed by atoms with Crippen molar-refractivity contribution >= 4 is 44.9 Å². The minimum atomic E-state index is -0.553. The normalized spacial score (nSPS) is 10.6. The number of aryl methyl sites for hydroxylation is 1. The van der Waals surface area contributed by atoms with Gasteiger partial charge in [0, 0.05) is 23.6 Å². The predicted octanol–water partition coefficient (Wildman–Crippen LogP) is 2.10. The van der Waals surface area contributed by atoms with Crippen LogP contribution in [0.5, 0.6) is 0 Å². The zero-order valence-electron chi connectivity index (χ0n) is 14.8. The van der Waals surface area contributed by atoms with Gasteiger partial charge in [0.1, 0.15) is 11.4 Å². The van der Waals surface area contributed by atoms with Crippen molar-refractivity contribution in [2.75, 3.05) is 12.4 Å². The summed E-state index contributed by atoms with van der Waals surface area (Å²) >= 11 is 0.964. The number of carbonyl (C=O) groups is 2. The Morgan fingerprint density at radius 2 is 2.07 bits per heavy atom. The molecule has 0 atom stereocenters. The van der Waals surface area contributed by atoms with E-state index in [1.807, 2.05) is 0 Å². The summed E-state index contributed by atoms with van der Waals surface area (Å²) in [5.74, 6) is -1.08. The topological polar surface area (TPSA) is 133 Å². The highest BCUT2D eigenvalue weighted by Gasteiger charge is 2.18. The van der Waals surface area contributed by atoms with Crippen LogP contribution >= 0.6 is 11.3 Å². The summed E-state index contributed by atoms with van der Waals surface area (Å²) in [4.78, 5) is 51.0. The van der Waals surface area contributed by atoms with Gasteiger partial charge in [0.15, 0.2) is 5.13 Å². The molecule has 1 N–H and O–H groups in total. The van der Waals surface area contributed by atoms with E-state index >= 15 is 0 Å². The molecule has 1 amide bonds. The summed E-state index contributed by atoms with van der Waals surface area (Å²) in [7, 11) is 1.25. The molecule has 3 aromatic rings. The number of hydrogen-bond acceptors (Lipinski definition) is 8. The number of aromatic nitrogens is 2. The van der Waals surface area contributed by atoms with Gasteiger partial charge >= 0.3 is 5.97 Å². The molecule has 0 radical (unpaired) electrons. The fourth-order valence-corrected chi connectivity index (χ4v) is 3.50. The van der Waals surface area contributed by atoms with Crippen LogP contribution in [0.25, 0.3) is 10.9 Å². The first kappa shape index (κ1) is 19.2. The lowest BCUT2D eigenvalue weighted by Gasteiger charge is -2.09. The molecule has 0 aliphatic rings. The Balaban J connectivity index is 1.87. The fourth-order valence-electron chi connectivity index (χ4n) is 2.60. The van der Waals surface area contributed by atoms with Gasteiger partial charge in [-0.2, -0.15) is 0 Å². The third-order valence-corrected chi connectivity index (χ3v) is 4.95. The maximum atomic E-state index is 12.4. The van der Waals surface area contributed by atoms with Crippen LogP contribution in [0, 0.1) is 17.0 Å². The minimum absolute atomic E-state index is 0.115. The SMILES string of the molecule is COC(=O)c1sc(NC(=O)Cn2c(=O)ccc3cc([N+](=O)[O-])ccc32)nc1C. The molecule has 144 valence electrons. The quantitative estimate of drug-likeness (QED) is 0.392. The van der Waals surface area contributed by atoms with Gasteiger partial charge in [-0.25, -0.2) is 9.78 Å². The number of nitrogens with one attached hydrogen (secondary N) is 1. The van der Waals surface area contributed by atoms with Crippen molar-refractivity contribution in [3.63, 3.8) is 0 Å². The molecule has 1 aromatic carbocycles. The van der Waals surface area contributed by atoms with E-state index in [9.17, 15) is 24.5 Å². The van der Waals surface area contributed by atoms with Crippen LogP contribution in [0.4, 0.5) is 10.8 Å². The van der Waals surface area contributed by atoms with E-state index < -0.39 is 22.4 Å². The van der Waals surface area contributed by atoms with Crippen molar-refractivity contribution in [2.45, 2.75) is 13.5 Å². The average molecular weight is 402 g/mol. The first-order chi connectivity index (χ1) is 13.3. The van der Waals surface area contributed by atoms with Crippen LogP contribution in [-0.4, -0.2) is 33.5 Å². The van der Waals surface area contributed by atoms with Crippen molar-refractivity contribution in [1.29, 1.82) is 0 Å². The number of pyridine rings is 1. The number of amides is 1. The summed E-state index contributed by atoms with van der Waals surface area (Å²) in [6, 6.07) is 6.72. The van der Waals surface area contributed by atoms with Crippen molar-refractivity contribution in [2.24, 2.45) is 0 Å². The number of nitrogens with zero attached hydrogens (tertiary/aromatic N) is 3. The molecule has 2 aromatic heterocycles. The van der Waals surface area contributed by atoms with Crippen LogP contribution in [0.1, 0.15) is 15.4 Å². The van der Waals surface area contributed by atoms with E-state index in [-0.39, 0.29) is 22.2 Å². The Hall–Kier alpha value is -3.60. The zero-order valence-corrected chi connectivity index (χ0v) is 15.6. The molecule has 0 spiro atoms. The number of ether oxygens (including phenoxy) is 1. The van der Waals surface area contributed by atoms with Crippen molar-refractivity contribution < 1.29 is 19.2 Å². The van der Waals surface area contributed by atoms with Gasteiger partial charge in [-0.1, -0.05) is 11.3 Å². The number of rotatable bonds is 5. The number of benzene rings is 1. The van der Waals surface area contributed by atoms with Gasteiger partial charge in [0.25, 0.3) is 11.2 Å². The van der Waals surface area contributed by atoms with Gasteiger partial charge in [-0.3, -0.25) is 24.3 Å². The number of nitro benzene ring substituents is 1. The number of esters is 1. The van der Waals surface area contributed by atoms with Crippen LogP contribution < -0.4 is 10.9 Å². The summed E-state index contributed by atoms with van der Waals surface area (Å²) in [5.41, 5.74) is 0.262. The van der Waals surface area contributed by atoms with E-state index in [2.05, 4.69) is 15.0 Å². The number of fused-ring (bicyclic) bond motifs is 1. The lowest BCUT2D eigenvalue weighted by molar-refractivity contribution is -0.384. The van der Waals surface area contributed by atoms with Crippen LogP contribution in [0.3, 0.4) is 0 Å². The Kier molecular flexibility index (Phi) is 5.18. The molecule has 28 heavy (non-hydrogen) atoms. The lowest BCUT2D eigenvalue weighted by Crippen LogP contribution is -2.27. The Bertz CT molecular complexity index is 1170. The van der Waals surface area contributed by atoms with E-state index in [1.54, 1.807) is 6.92 Å². The Morgan fingerprint density at radius 3 is 2.75 bits per heavy atom. The molecule has 0 aliphatic heterocycles. The van der Waals surface area contributed by atoms with Gasteiger partial charge in [0.05, 0.1) is 23.2 Å². The number of nitro groups is 1. The first-order valence-corrected chi connectivity index (χ1v) is 8.75. The molecule has 11 heteroatoms. The highest BCUT2D eigenvalue weighted by molar-refractivity contribution is 7.17. The van der Waals surface area contributed by atoms with Crippen LogP contribution in [-0.2, 0) is 16.1 Å². The van der Waals surface area contributed by atoms with Gasteiger partial charge < -0.3 is 10.1 Å². The highest BCUT2D eigenvalue weighted by atomic mass is 32.1. The number of carbonyl (C=O) groups excluding carboxylic acids is 2. The predicted molar refractivity (Wildman–Crippen MR) is 102 cm³/mol. The number of anilines is 1. The molecule has 10 nitrogen and oxygen atoms in total. The standard InChI is InChI=1S/C17H14N4O6S/c1-9-15(16(24)27-2)28-17(18-9)19-13(22)8-20-12-5-4-11(21(25)26)7-10(12)3-6-14(20)23/h3-7H,8H2,1-2H3,(H,18,19,22). The maximum absolute atomic E-state index is 12.4. The molecule has 0 saturated carbocycles. The Labute approximate surface area is 161 Å². The number of hydrogen-bond donors (Lipinski definition) is 1. The van der Waals surface area contributed by atoms with E-state index in [0.717, 1.165) is 11.3 Å².